The third kappa shape index (κ3) is 6.30. The lowest BCUT2D eigenvalue weighted by Crippen LogP contribution is -3.28. The van der Waals surface area contributed by atoms with Crippen LogP contribution in [0.25, 0.3) is 0 Å². The lowest BCUT2D eigenvalue weighted by atomic mass is 10.2. The van der Waals surface area contributed by atoms with Crippen LogP contribution >= 0.6 is 0 Å². The van der Waals surface area contributed by atoms with Crippen LogP contribution in [0.4, 0.5) is 24.5 Å². The molecule has 1 fully saturated rings. The molecule has 2 aromatic carbocycles. The van der Waals surface area contributed by atoms with Crippen molar-refractivity contribution in [3.63, 3.8) is 0 Å². The molecular weight excluding hydrogens is 385 g/mol. The predicted molar refractivity (Wildman–Crippen MR) is 101 cm³/mol. The maximum absolute atomic E-state index is 13.6. The molecule has 0 aromatic heterocycles. The molecule has 0 radical (unpaired) electrons. The Morgan fingerprint density at radius 1 is 0.759 bits per heavy atom. The molecule has 154 valence electrons. The largest absolute Gasteiger partial charge is 0.321 e. The molecule has 2 amide bonds. The molecule has 1 saturated heterocycles. The predicted octanol–water partition coefficient (Wildman–Crippen LogP) is -0.535. The van der Waals surface area contributed by atoms with E-state index in [1.807, 2.05) is 0 Å². The minimum absolute atomic E-state index is 0.0440. The van der Waals surface area contributed by atoms with E-state index in [0.29, 0.717) is 31.9 Å². The van der Waals surface area contributed by atoms with Gasteiger partial charge in [-0.15, -0.1) is 0 Å². The number of carbonyl (C=O) groups excluding carboxylic acids is 2. The molecule has 1 aliphatic rings. The average Bonchev–Trinajstić information content (AvgIpc) is 2.67. The van der Waals surface area contributed by atoms with E-state index in [0.717, 1.165) is 21.9 Å². The Kier molecular flexibility index (Phi) is 6.84. The van der Waals surface area contributed by atoms with Crippen LogP contribution in [0.3, 0.4) is 0 Å². The van der Waals surface area contributed by atoms with Gasteiger partial charge in [-0.2, -0.15) is 0 Å². The summed E-state index contributed by atoms with van der Waals surface area (Å²) in [5.74, 6) is -2.37. The molecule has 9 heteroatoms. The van der Waals surface area contributed by atoms with Crippen LogP contribution in [-0.2, 0) is 9.59 Å². The van der Waals surface area contributed by atoms with E-state index in [1.54, 1.807) is 0 Å². The maximum atomic E-state index is 13.6. The molecule has 0 spiro atoms. The fourth-order valence-corrected chi connectivity index (χ4v) is 3.29. The summed E-state index contributed by atoms with van der Waals surface area (Å²) in [4.78, 5) is 26.4. The van der Waals surface area contributed by atoms with Crippen LogP contribution in [0.1, 0.15) is 0 Å². The van der Waals surface area contributed by atoms with Gasteiger partial charge in [-0.1, -0.05) is 0 Å². The third-order valence-electron chi connectivity index (χ3n) is 4.82. The molecular formula is C20H23F3N4O2+2. The van der Waals surface area contributed by atoms with Gasteiger partial charge in [0, 0.05) is 11.8 Å². The van der Waals surface area contributed by atoms with Gasteiger partial charge in [-0.25, -0.2) is 13.2 Å². The smallest absolute Gasteiger partial charge is 0.279 e. The van der Waals surface area contributed by atoms with E-state index in [2.05, 4.69) is 10.6 Å². The first-order chi connectivity index (χ1) is 13.9. The normalized spacial score (nSPS) is 18.9. The second-order valence-electron chi connectivity index (χ2n) is 7.08. The van der Waals surface area contributed by atoms with Crippen molar-refractivity contribution in [3.05, 3.63) is 59.9 Å². The van der Waals surface area contributed by atoms with Crippen LogP contribution in [0, 0.1) is 17.5 Å². The average molecular weight is 408 g/mol. The number of benzene rings is 2. The molecule has 4 N–H and O–H groups in total. The number of hydrogen-bond donors (Lipinski definition) is 4. The summed E-state index contributed by atoms with van der Waals surface area (Å²) < 4.78 is 39.4. The number of piperazine rings is 1. The Morgan fingerprint density at radius 2 is 1.28 bits per heavy atom. The van der Waals surface area contributed by atoms with Crippen LogP contribution in [0.15, 0.2) is 42.5 Å². The minimum atomic E-state index is -0.810. The Bertz CT molecular complexity index is 869. The Labute approximate surface area is 166 Å². The van der Waals surface area contributed by atoms with Crippen LogP contribution in [0.2, 0.25) is 0 Å². The second kappa shape index (κ2) is 9.53. The summed E-state index contributed by atoms with van der Waals surface area (Å²) in [7, 11) is 0. The van der Waals surface area contributed by atoms with E-state index in [9.17, 15) is 22.8 Å². The molecule has 29 heavy (non-hydrogen) atoms. The zero-order valence-electron chi connectivity index (χ0n) is 15.7. The SMILES string of the molecule is O=C(C[NH+]1CC[NH+](CC(=O)Nc2ccc(F)cc2F)CC1)Nc1ccc(F)cc1. The van der Waals surface area contributed by atoms with Gasteiger partial charge in [-0.3, -0.25) is 9.59 Å². The van der Waals surface area contributed by atoms with Crippen LogP contribution in [0.5, 0.6) is 0 Å². The van der Waals surface area contributed by atoms with Gasteiger partial charge < -0.3 is 20.4 Å². The standard InChI is InChI=1S/C20H21F3N4O2/c21-14-1-4-16(5-2-14)24-19(28)12-26-7-9-27(10-8-26)13-20(29)25-18-6-3-15(22)11-17(18)23/h1-6,11H,7-10,12-13H2,(H,24,28)(H,25,29)/p+2. The maximum Gasteiger partial charge on any atom is 0.279 e. The fraction of sp³-hybridized carbons (Fsp3) is 0.300. The highest BCUT2D eigenvalue weighted by Gasteiger charge is 2.26. The van der Waals surface area contributed by atoms with Crippen molar-refractivity contribution in [3.8, 4) is 0 Å². The van der Waals surface area contributed by atoms with E-state index in [1.165, 1.54) is 30.3 Å². The molecule has 0 atom stereocenters. The zero-order valence-corrected chi connectivity index (χ0v) is 15.7. The minimum Gasteiger partial charge on any atom is -0.321 e. The fourth-order valence-electron chi connectivity index (χ4n) is 3.29. The Morgan fingerprint density at radius 3 is 1.83 bits per heavy atom. The van der Waals surface area contributed by atoms with E-state index >= 15 is 0 Å². The number of rotatable bonds is 6. The molecule has 0 saturated carbocycles. The molecule has 0 bridgehead atoms. The summed E-state index contributed by atoms with van der Waals surface area (Å²) in [6.45, 7) is 3.27. The topological polar surface area (TPSA) is 67.1 Å². The number of quaternary nitrogens is 2. The number of halogens is 3. The summed E-state index contributed by atoms with van der Waals surface area (Å²) in [5, 5.41) is 5.20. The van der Waals surface area contributed by atoms with Gasteiger partial charge in [0.05, 0.1) is 5.69 Å². The molecule has 3 rings (SSSR count). The lowest BCUT2D eigenvalue weighted by molar-refractivity contribution is -1.00. The Balaban J connectivity index is 1.40. The van der Waals surface area contributed by atoms with E-state index in [-0.39, 0.29) is 36.4 Å². The van der Waals surface area contributed by atoms with Gasteiger partial charge in [0.2, 0.25) is 0 Å². The van der Waals surface area contributed by atoms with Crippen molar-refractivity contribution in [2.24, 2.45) is 0 Å². The number of amides is 2. The quantitative estimate of drug-likeness (QED) is 0.519. The highest BCUT2D eigenvalue weighted by molar-refractivity contribution is 5.92. The highest BCUT2D eigenvalue weighted by atomic mass is 19.1. The van der Waals surface area contributed by atoms with Crippen molar-refractivity contribution < 1.29 is 32.6 Å². The Hall–Kier alpha value is -2.91. The van der Waals surface area contributed by atoms with Crippen molar-refractivity contribution in [2.75, 3.05) is 49.9 Å². The van der Waals surface area contributed by atoms with Gasteiger partial charge in [0.1, 0.15) is 43.6 Å². The zero-order chi connectivity index (χ0) is 20.8. The molecule has 0 unspecified atom stereocenters. The van der Waals surface area contributed by atoms with Gasteiger partial charge >= 0.3 is 0 Å². The first kappa shape index (κ1) is 20.8. The van der Waals surface area contributed by atoms with Crippen LogP contribution in [-0.4, -0.2) is 51.1 Å². The monoisotopic (exact) mass is 408 g/mol. The van der Waals surface area contributed by atoms with Gasteiger partial charge in [0.15, 0.2) is 13.1 Å². The number of hydrogen-bond acceptors (Lipinski definition) is 2. The molecule has 0 aliphatic carbocycles. The number of carbonyl (C=O) groups is 2. The van der Waals surface area contributed by atoms with E-state index < -0.39 is 11.6 Å². The van der Waals surface area contributed by atoms with E-state index in [4.69, 9.17) is 0 Å². The summed E-state index contributed by atoms with van der Waals surface area (Å²) in [6.07, 6.45) is 0. The highest BCUT2D eigenvalue weighted by Crippen LogP contribution is 2.14. The van der Waals surface area contributed by atoms with Crippen molar-refractivity contribution in [1.82, 2.24) is 0 Å². The summed E-state index contributed by atoms with van der Waals surface area (Å²) in [5.41, 5.74) is 0.502. The van der Waals surface area contributed by atoms with Gasteiger partial charge in [-0.05, 0) is 36.4 Å². The summed E-state index contributed by atoms with van der Waals surface area (Å²) >= 11 is 0. The van der Waals surface area contributed by atoms with Crippen LogP contribution < -0.4 is 20.4 Å². The first-order valence-electron chi connectivity index (χ1n) is 9.36. The number of nitrogens with one attached hydrogen (secondary N) is 4. The summed E-state index contributed by atoms with van der Waals surface area (Å²) in [6, 6.07) is 8.59. The molecule has 1 aliphatic heterocycles. The number of anilines is 2. The first-order valence-corrected chi connectivity index (χ1v) is 9.36. The van der Waals surface area contributed by atoms with Crippen molar-refractivity contribution in [2.45, 2.75) is 0 Å². The molecule has 1 heterocycles. The molecule has 6 nitrogen and oxygen atoms in total. The third-order valence-corrected chi connectivity index (χ3v) is 4.82. The van der Waals surface area contributed by atoms with Crippen molar-refractivity contribution >= 4 is 23.2 Å². The van der Waals surface area contributed by atoms with Gasteiger partial charge in [0.25, 0.3) is 11.8 Å². The second-order valence-corrected chi connectivity index (χ2v) is 7.08. The molecule has 2 aromatic rings. The van der Waals surface area contributed by atoms with Crippen molar-refractivity contribution in [1.29, 1.82) is 0 Å². The lowest BCUT2D eigenvalue weighted by Gasteiger charge is -2.29.